The van der Waals surface area contributed by atoms with Crippen LogP contribution in [-0.2, 0) is 9.59 Å². The summed E-state index contributed by atoms with van der Waals surface area (Å²) >= 11 is 0. The summed E-state index contributed by atoms with van der Waals surface area (Å²) < 4.78 is 0. The monoisotopic (exact) mass is 228 g/mol. The summed E-state index contributed by atoms with van der Waals surface area (Å²) in [5.41, 5.74) is 0. The van der Waals surface area contributed by atoms with Gasteiger partial charge in [0.1, 0.15) is 6.54 Å². The first-order chi connectivity index (χ1) is 7.49. The second-order valence-corrected chi connectivity index (χ2v) is 4.79. The molecule has 0 saturated carbocycles. The Morgan fingerprint density at radius 1 is 1.44 bits per heavy atom. The minimum Gasteiger partial charge on any atom is -0.480 e. The molecule has 0 unspecified atom stereocenters. The molecule has 0 aromatic heterocycles. The first kappa shape index (κ1) is 13.0. The highest BCUT2D eigenvalue weighted by Gasteiger charge is 2.24. The molecule has 0 aliphatic carbocycles. The highest BCUT2D eigenvalue weighted by molar-refractivity contribution is 5.81. The minimum absolute atomic E-state index is 0.0393. The first-order valence-corrected chi connectivity index (χ1v) is 5.69. The third-order valence-electron chi connectivity index (χ3n) is 2.59. The van der Waals surface area contributed by atoms with Crippen molar-refractivity contribution in [3.63, 3.8) is 0 Å². The van der Waals surface area contributed by atoms with Crippen molar-refractivity contribution >= 4 is 11.9 Å². The van der Waals surface area contributed by atoms with Crippen LogP contribution in [0.1, 0.15) is 20.3 Å². The molecule has 0 radical (unpaired) electrons. The Hall–Kier alpha value is -1.10. The largest absolute Gasteiger partial charge is 0.480 e. The zero-order valence-electron chi connectivity index (χ0n) is 9.90. The average molecular weight is 228 g/mol. The van der Waals surface area contributed by atoms with Crippen molar-refractivity contribution in [2.75, 3.05) is 26.2 Å². The second-order valence-electron chi connectivity index (χ2n) is 4.79. The molecule has 0 atom stereocenters. The Kier molecular flexibility index (Phi) is 4.73. The lowest BCUT2D eigenvalue weighted by atomic mass is 9.98. The lowest BCUT2D eigenvalue weighted by Gasteiger charge is -2.30. The maximum absolute atomic E-state index is 11.9. The van der Waals surface area contributed by atoms with E-state index in [1.807, 2.05) is 13.8 Å². The van der Waals surface area contributed by atoms with E-state index in [1.165, 1.54) is 4.90 Å². The maximum atomic E-state index is 11.9. The van der Waals surface area contributed by atoms with Gasteiger partial charge in [-0.05, 0) is 24.9 Å². The number of rotatable bonds is 6. The van der Waals surface area contributed by atoms with Gasteiger partial charge in [-0.1, -0.05) is 13.8 Å². The zero-order chi connectivity index (χ0) is 12.1. The summed E-state index contributed by atoms with van der Waals surface area (Å²) in [4.78, 5) is 24.0. The predicted octanol–water partition coefficient (Wildman–Crippen LogP) is 0.165. The number of nitrogens with one attached hydrogen (secondary N) is 1. The fourth-order valence-electron chi connectivity index (χ4n) is 1.73. The van der Waals surface area contributed by atoms with E-state index in [4.69, 9.17) is 5.11 Å². The third kappa shape index (κ3) is 4.18. The molecule has 1 aliphatic heterocycles. The number of carbonyl (C=O) groups is 2. The quantitative estimate of drug-likeness (QED) is 0.679. The van der Waals surface area contributed by atoms with E-state index in [0.29, 0.717) is 24.8 Å². The SMILES string of the molecule is CC(C)CN(CC(=O)O)C(=O)CC1CNC1. The van der Waals surface area contributed by atoms with Crippen LogP contribution in [-0.4, -0.2) is 48.1 Å². The highest BCUT2D eigenvalue weighted by Crippen LogP contribution is 2.11. The van der Waals surface area contributed by atoms with Gasteiger partial charge in [0, 0.05) is 13.0 Å². The standard InChI is InChI=1S/C11H20N2O3/c1-8(2)6-13(7-11(15)16)10(14)3-9-4-12-5-9/h8-9,12H,3-7H2,1-2H3,(H,15,16). The van der Waals surface area contributed by atoms with Crippen LogP contribution in [0.3, 0.4) is 0 Å². The first-order valence-electron chi connectivity index (χ1n) is 5.69. The molecule has 1 rings (SSSR count). The Labute approximate surface area is 95.8 Å². The Morgan fingerprint density at radius 3 is 2.44 bits per heavy atom. The number of carboxylic acids is 1. The van der Waals surface area contributed by atoms with Gasteiger partial charge in [-0.15, -0.1) is 0 Å². The Balaban J connectivity index is 2.44. The van der Waals surface area contributed by atoms with Crippen LogP contribution in [0, 0.1) is 11.8 Å². The number of hydrogen-bond acceptors (Lipinski definition) is 3. The summed E-state index contributed by atoms with van der Waals surface area (Å²) in [5, 5.41) is 11.8. The number of hydrogen-bond donors (Lipinski definition) is 2. The van der Waals surface area contributed by atoms with E-state index in [0.717, 1.165) is 13.1 Å². The van der Waals surface area contributed by atoms with E-state index in [2.05, 4.69) is 5.32 Å². The summed E-state index contributed by atoms with van der Waals surface area (Å²) in [7, 11) is 0. The molecular formula is C11H20N2O3. The molecule has 5 nitrogen and oxygen atoms in total. The Bertz CT molecular complexity index is 262. The molecule has 2 N–H and O–H groups in total. The van der Waals surface area contributed by atoms with Crippen LogP contribution in [0.5, 0.6) is 0 Å². The van der Waals surface area contributed by atoms with Gasteiger partial charge < -0.3 is 15.3 Å². The molecule has 5 heteroatoms. The van der Waals surface area contributed by atoms with E-state index in [9.17, 15) is 9.59 Å². The summed E-state index contributed by atoms with van der Waals surface area (Å²) in [6.45, 7) is 6.03. The van der Waals surface area contributed by atoms with Crippen molar-refractivity contribution in [2.45, 2.75) is 20.3 Å². The fourth-order valence-corrected chi connectivity index (χ4v) is 1.73. The lowest BCUT2D eigenvalue weighted by Crippen LogP contribution is -2.46. The number of amides is 1. The molecule has 92 valence electrons. The van der Waals surface area contributed by atoms with Gasteiger partial charge in [0.2, 0.25) is 5.91 Å². The number of aliphatic carboxylic acids is 1. The zero-order valence-corrected chi connectivity index (χ0v) is 9.90. The van der Waals surface area contributed by atoms with Crippen molar-refractivity contribution in [3.8, 4) is 0 Å². The molecule has 16 heavy (non-hydrogen) atoms. The number of carboxylic acid groups (broad SMARTS) is 1. The van der Waals surface area contributed by atoms with E-state index in [1.54, 1.807) is 0 Å². The van der Waals surface area contributed by atoms with Crippen molar-refractivity contribution < 1.29 is 14.7 Å². The van der Waals surface area contributed by atoms with Gasteiger partial charge in [0.05, 0.1) is 0 Å². The molecule has 0 aromatic carbocycles. The van der Waals surface area contributed by atoms with Crippen LogP contribution in [0.4, 0.5) is 0 Å². The van der Waals surface area contributed by atoms with Crippen LogP contribution >= 0.6 is 0 Å². The normalized spacial score (nSPS) is 15.9. The molecule has 0 aromatic rings. The second kappa shape index (κ2) is 5.84. The molecule has 1 fully saturated rings. The van der Waals surface area contributed by atoms with Crippen molar-refractivity contribution in [1.82, 2.24) is 10.2 Å². The van der Waals surface area contributed by atoms with Crippen LogP contribution in [0.2, 0.25) is 0 Å². The Morgan fingerprint density at radius 2 is 2.06 bits per heavy atom. The summed E-state index contributed by atoms with van der Waals surface area (Å²) in [6, 6.07) is 0. The number of nitrogens with zero attached hydrogens (tertiary/aromatic N) is 1. The van der Waals surface area contributed by atoms with E-state index < -0.39 is 5.97 Å². The van der Waals surface area contributed by atoms with Crippen molar-refractivity contribution in [3.05, 3.63) is 0 Å². The predicted molar refractivity (Wildman–Crippen MR) is 60.0 cm³/mol. The molecule has 1 heterocycles. The van der Waals surface area contributed by atoms with Gasteiger partial charge in [-0.2, -0.15) is 0 Å². The lowest BCUT2D eigenvalue weighted by molar-refractivity contribution is -0.145. The van der Waals surface area contributed by atoms with Gasteiger partial charge >= 0.3 is 5.97 Å². The van der Waals surface area contributed by atoms with Gasteiger partial charge in [-0.3, -0.25) is 9.59 Å². The molecule has 0 bridgehead atoms. The third-order valence-corrected chi connectivity index (χ3v) is 2.59. The smallest absolute Gasteiger partial charge is 0.323 e. The minimum atomic E-state index is -0.944. The number of carbonyl (C=O) groups excluding carboxylic acids is 1. The fraction of sp³-hybridized carbons (Fsp3) is 0.818. The molecular weight excluding hydrogens is 208 g/mol. The van der Waals surface area contributed by atoms with E-state index >= 15 is 0 Å². The van der Waals surface area contributed by atoms with Crippen LogP contribution < -0.4 is 5.32 Å². The van der Waals surface area contributed by atoms with Crippen LogP contribution in [0.25, 0.3) is 0 Å². The molecule has 1 aliphatic rings. The van der Waals surface area contributed by atoms with E-state index in [-0.39, 0.29) is 12.5 Å². The summed E-state index contributed by atoms with van der Waals surface area (Å²) in [6.07, 6.45) is 0.465. The van der Waals surface area contributed by atoms with Crippen LogP contribution in [0.15, 0.2) is 0 Å². The van der Waals surface area contributed by atoms with Gasteiger partial charge in [0.15, 0.2) is 0 Å². The topological polar surface area (TPSA) is 69.6 Å². The molecule has 1 amide bonds. The summed E-state index contributed by atoms with van der Waals surface area (Å²) in [5.74, 6) is -0.304. The van der Waals surface area contributed by atoms with Gasteiger partial charge in [-0.25, -0.2) is 0 Å². The molecule has 0 spiro atoms. The van der Waals surface area contributed by atoms with Crippen molar-refractivity contribution in [1.29, 1.82) is 0 Å². The average Bonchev–Trinajstić information content (AvgIpc) is 2.08. The van der Waals surface area contributed by atoms with Gasteiger partial charge in [0.25, 0.3) is 0 Å². The van der Waals surface area contributed by atoms with Crippen molar-refractivity contribution in [2.24, 2.45) is 11.8 Å². The highest BCUT2D eigenvalue weighted by atomic mass is 16.4. The maximum Gasteiger partial charge on any atom is 0.323 e. The molecule has 1 saturated heterocycles.